The third-order valence-corrected chi connectivity index (χ3v) is 2.89. The van der Waals surface area contributed by atoms with E-state index in [1.54, 1.807) is 7.11 Å². The van der Waals surface area contributed by atoms with Crippen molar-refractivity contribution in [3.63, 3.8) is 0 Å². The lowest BCUT2D eigenvalue weighted by Gasteiger charge is -2.12. The molecule has 20 heavy (non-hydrogen) atoms. The number of hydrogen-bond donors (Lipinski definition) is 2. The molecule has 5 heteroatoms. The summed E-state index contributed by atoms with van der Waals surface area (Å²) in [6.07, 6.45) is 0.449. The van der Waals surface area contributed by atoms with E-state index in [9.17, 15) is 4.79 Å². The van der Waals surface area contributed by atoms with E-state index in [4.69, 9.17) is 4.74 Å². The van der Waals surface area contributed by atoms with E-state index in [1.807, 2.05) is 39.2 Å². The second-order valence-electron chi connectivity index (χ2n) is 5.06. The van der Waals surface area contributed by atoms with E-state index < -0.39 is 0 Å². The van der Waals surface area contributed by atoms with Gasteiger partial charge in [0.1, 0.15) is 5.75 Å². The van der Waals surface area contributed by atoms with Crippen LogP contribution in [0.2, 0.25) is 0 Å². The van der Waals surface area contributed by atoms with Crippen molar-refractivity contribution in [2.75, 3.05) is 46.2 Å². The van der Waals surface area contributed by atoms with Crippen LogP contribution in [0.1, 0.15) is 12.0 Å². The average molecular weight is 279 g/mol. The second-order valence-corrected chi connectivity index (χ2v) is 5.06. The summed E-state index contributed by atoms with van der Waals surface area (Å²) in [5.41, 5.74) is 1.82. The average Bonchev–Trinajstić information content (AvgIpc) is 2.38. The number of carbonyl (C=O) groups excluding carboxylic acids is 1. The minimum Gasteiger partial charge on any atom is -0.495 e. The number of methoxy groups -OCH3 is 1. The molecule has 0 fully saturated rings. The summed E-state index contributed by atoms with van der Waals surface area (Å²) in [4.78, 5) is 14.0. The molecule has 0 heterocycles. The Balaban J connectivity index is 2.37. The highest BCUT2D eigenvalue weighted by molar-refractivity contribution is 5.92. The van der Waals surface area contributed by atoms with Crippen LogP contribution in [0.15, 0.2) is 18.2 Å². The summed E-state index contributed by atoms with van der Waals surface area (Å²) in [6.45, 7) is 4.51. The Hall–Kier alpha value is -1.59. The van der Waals surface area contributed by atoms with E-state index in [1.165, 1.54) is 0 Å². The predicted octanol–water partition coefficient (Wildman–Crippen LogP) is 1.48. The number of carbonyl (C=O) groups is 1. The molecular weight excluding hydrogens is 254 g/mol. The molecule has 1 aromatic rings. The molecule has 0 spiro atoms. The maximum atomic E-state index is 11.9. The molecule has 5 nitrogen and oxygen atoms in total. The maximum absolute atomic E-state index is 11.9. The first kappa shape index (κ1) is 16.5. The van der Waals surface area contributed by atoms with E-state index in [0.717, 1.165) is 24.3 Å². The highest BCUT2D eigenvalue weighted by Crippen LogP contribution is 2.25. The van der Waals surface area contributed by atoms with Crippen molar-refractivity contribution in [2.24, 2.45) is 0 Å². The van der Waals surface area contributed by atoms with E-state index in [-0.39, 0.29) is 5.91 Å². The van der Waals surface area contributed by atoms with Gasteiger partial charge in [0.15, 0.2) is 0 Å². The number of likely N-dealkylation sites (N-methyl/N-ethyl adjacent to an activating group) is 1. The van der Waals surface area contributed by atoms with Crippen molar-refractivity contribution < 1.29 is 9.53 Å². The van der Waals surface area contributed by atoms with E-state index in [2.05, 4.69) is 15.5 Å². The molecule has 0 atom stereocenters. The van der Waals surface area contributed by atoms with Crippen LogP contribution in [0.4, 0.5) is 5.69 Å². The molecule has 112 valence electrons. The molecule has 0 aliphatic rings. The fraction of sp³-hybridized carbons (Fsp3) is 0.533. The van der Waals surface area contributed by atoms with Crippen molar-refractivity contribution in [1.82, 2.24) is 10.2 Å². The van der Waals surface area contributed by atoms with Crippen LogP contribution in [-0.2, 0) is 4.79 Å². The Morgan fingerprint density at radius 2 is 2.05 bits per heavy atom. The van der Waals surface area contributed by atoms with Crippen molar-refractivity contribution in [3.8, 4) is 5.75 Å². The van der Waals surface area contributed by atoms with Gasteiger partial charge in [-0.15, -0.1) is 0 Å². The maximum Gasteiger partial charge on any atom is 0.225 e. The monoisotopic (exact) mass is 279 g/mol. The SMILES string of the molecule is COc1ccc(C)cc1NC(=O)CCNCCN(C)C. The molecule has 0 radical (unpaired) electrons. The molecule has 0 aliphatic heterocycles. The molecule has 0 aromatic heterocycles. The molecule has 0 unspecified atom stereocenters. The first-order valence-electron chi connectivity index (χ1n) is 6.83. The van der Waals surface area contributed by atoms with Gasteiger partial charge in [-0.05, 0) is 38.7 Å². The number of benzene rings is 1. The molecule has 1 rings (SSSR count). The molecule has 0 saturated heterocycles. The topological polar surface area (TPSA) is 53.6 Å². The first-order valence-corrected chi connectivity index (χ1v) is 6.83. The van der Waals surface area contributed by atoms with Crippen LogP contribution in [0, 0.1) is 6.92 Å². The van der Waals surface area contributed by atoms with Crippen LogP contribution >= 0.6 is 0 Å². The number of anilines is 1. The fourth-order valence-electron chi connectivity index (χ4n) is 1.76. The summed E-state index contributed by atoms with van der Waals surface area (Å²) >= 11 is 0. The van der Waals surface area contributed by atoms with E-state index in [0.29, 0.717) is 18.7 Å². The van der Waals surface area contributed by atoms with Crippen LogP contribution in [0.3, 0.4) is 0 Å². The van der Waals surface area contributed by atoms with Crippen LogP contribution in [0.5, 0.6) is 5.75 Å². The lowest BCUT2D eigenvalue weighted by atomic mass is 10.2. The Morgan fingerprint density at radius 3 is 2.70 bits per heavy atom. The fourth-order valence-corrected chi connectivity index (χ4v) is 1.76. The quantitative estimate of drug-likeness (QED) is 0.708. The zero-order chi connectivity index (χ0) is 15.0. The van der Waals surface area contributed by atoms with Crippen molar-refractivity contribution in [2.45, 2.75) is 13.3 Å². The van der Waals surface area contributed by atoms with Gasteiger partial charge < -0.3 is 20.3 Å². The number of ether oxygens (including phenoxy) is 1. The van der Waals surface area contributed by atoms with Gasteiger partial charge in [-0.3, -0.25) is 4.79 Å². The van der Waals surface area contributed by atoms with Gasteiger partial charge in [-0.25, -0.2) is 0 Å². The van der Waals surface area contributed by atoms with Crippen LogP contribution in [-0.4, -0.2) is 51.6 Å². The summed E-state index contributed by atoms with van der Waals surface area (Å²) in [6, 6.07) is 5.73. The number of hydrogen-bond acceptors (Lipinski definition) is 4. The molecule has 0 bridgehead atoms. The third-order valence-electron chi connectivity index (χ3n) is 2.89. The Kier molecular flexibility index (Phi) is 7.04. The van der Waals surface area contributed by atoms with Crippen molar-refractivity contribution in [3.05, 3.63) is 23.8 Å². The standard InChI is InChI=1S/C15H25N3O2/c1-12-5-6-14(20-4)13(11-12)17-15(19)7-8-16-9-10-18(2)3/h5-6,11,16H,7-10H2,1-4H3,(H,17,19). The first-order chi connectivity index (χ1) is 9.52. The Morgan fingerprint density at radius 1 is 1.30 bits per heavy atom. The number of nitrogens with one attached hydrogen (secondary N) is 2. The summed E-state index contributed by atoms with van der Waals surface area (Å²) < 4.78 is 5.23. The number of rotatable bonds is 8. The minimum atomic E-state index is -0.00810. The van der Waals surface area contributed by atoms with Crippen molar-refractivity contribution in [1.29, 1.82) is 0 Å². The molecule has 1 aromatic carbocycles. The van der Waals surface area contributed by atoms with Gasteiger partial charge in [-0.1, -0.05) is 6.07 Å². The molecule has 0 aliphatic carbocycles. The molecule has 0 saturated carbocycles. The number of amides is 1. The number of nitrogens with zero attached hydrogens (tertiary/aromatic N) is 1. The second kappa shape index (κ2) is 8.55. The zero-order valence-corrected chi connectivity index (χ0v) is 12.8. The zero-order valence-electron chi connectivity index (χ0n) is 12.8. The summed E-state index contributed by atoms with van der Waals surface area (Å²) in [5.74, 6) is 0.677. The van der Waals surface area contributed by atoms with Gasteiger partial charge in [0, 0.05) is 26.1 Å². The number of aryl methyl sites for hydroxylation is 1. The van der Waals surface area contributed by atoms with Gasteiger partial charge in [0.05, 0.1) is 12.8 Å². The Bertz CT molecular complexity index is 433. The minimum absolute atomic E-state index is 0.00810. The largest absolute Gasteiger partial charge is 0.495 e. The highest BCUT2D eigenvalue weighted by Gasteiger charge is 2.07. The smallest absolute Gasteiger partial charge is 0.225 e. The predicted molar refractivity (Wildman–Crippen MR) is 82.4 cm³/mol. The van der Waals surface area contributed by atoms with Gasteiger partial charge >= 0.3 is 0 Å². The molecule has 2 N–H and O–H groups in total. The Labute approximate surface area is 121 Å². The van der Waals surface area contributed by atoms with Crippen molar-refractivity contribution >= 4 is 11.6 Å². The van der Waals surface area contributed by atoms with Crippen LogP contribution in [0.25, 0.3) is 0 Å². The normalized spacial score (nSPS) is 10.7. The third kappa shape index (κ3) is 6.04. The lowest BCUT2D eigenvalue weighted by molar-refractivity contribution is -0.116. The summed E-state index contributed by atoms with van der Waals surface area (Å²) in [7, 11) is 5.65. The van der Waals surface area contributed by atoms with E-state index >= 15 is 0 Å². The lowest BCUT2D eigenvalue weighted by Crippen LogP contribution is -2.29. The highest BCUT2D eigenvalue weighted by atomic mass is 16.5. The van der Waals surface area contributed by atoms with Gasteiger partial charge in [-0.2, -0.15) is 0 Å². The molecular formula is C15H25N3O2. The van der Waals surface area contributed by atoms with Gasteiger partial charge in [0.2, 0.25) is 5.91 Å². The van der Waals surface area contributed by atoms with Gasteiger partial charge in [0.25, 0.3) is 0 Å². The van der Waals surface area contributed by atoms with Crippen LogP contribution < -0.4 is 15.4 Å². The summed E-state index contributed by atoms with van der Waals surface area (Å²) in [5, 5.41) is 6.13. The molecule has 1 amide bonds.